The van der Waals surface area contributed by atoms with E-state index in [0.29, 0.717) is 12.3 Å². The molecule has 0 saturated carbocycles. The molecule has 0 spiro atoms. The Balaban J connectivity index is 3.09. The van der Waals surface area contributed by atoms with Crippen LogP contribution >= 0.6 is 11.6 Å². The third kappa shape index (κ3) is 3.22. The Kier molecular flexibility index (Phi) is 4.07. The van der Waals surface area contributed by atoms with Gasteiger partial charge in [-0.05, 0) is 12.1 Å². The summed E-state index contributed by atoms with van der Waals surface area (Å²) in [6, 6.07) is 3.17. The summed E-state index contributed by atoms with van der Waals surface area (Å²) in [5.74, 6) is 4.94. The van der Waals surface area contributed by atoms with Gasteiger partial charge >= 0.3 is 0 Å². The summed E-state index contributed by atoms with van der Waals surface area (Å²) in [5.41, 5.74) is -0.122. The minimum atomic E-state index is -0.593. The fourth-order valence-corrected chi connectivity index (χ4v) is 1.07. The van der Waals surface area contributed by atoms with Crippen LogP contribution in [0.2, 0.25) is 0 Å². The molecule has 0 bridgehead atoms. The van der Waals surface area contributed by atoms with Gasteiger partial charge in [0, 0.05) is 18.4 Å². The van der Waals surface area contributed by atoms with Crippen molar-refractivity contribution in [2.24, 2.45) is 0 Å². The van der Waals surface area contributed by atoms with Gasteiger partial charge in [0.15, 0.2) is 0 Å². The van der Waals surface area contributed by atoms with Crippen LogP contribution < -0.4 is 0 Å². The monoisotopic (exact) mass is 227 g/mol. The molecule has 15 heavy (non-hydrogen) atoms. The van der Waals surface area contributed by atoms with E-state index in [4.69, 9.17) is 11.6 Å². The van der Waals surface area contributed by atoms with Crippen LogP contribution in [0.15, 0.2) is 18.2 Å². The predicted molar refractivity (Wildman–Crippen MR) is 55.3 cm³/mol. The maximum Gasteiger partial charge on any atom is 0.285 e. The van der Waals surface area contributed by atoms with E-state index in [1.165, 1.54) is 0 Å². The maximum absolute atomic E-state index is 12.8. The molecule has 0 saturated heterocycles. The number of rotatable bonds is 2. The smallest absolute Gasteiger partial charge is 0.258 e. The molecule has 0 aliphatic carbocycles. The molecule has 0 unspecified atom stereocenters. The van der Waals surface area contributed by atoms with E-state index in [9.17, 15) is 14.5 Å². The van der Waals surface area contributed by atoms with Gasteiger partial charge in [0.05, 0.1) is 4.92 Å². The first-order valence-electron chi connectivity index (χ1n) is 4.14. The van der Waals surface area contributed by atoms with Crippen LogP contribution in [0.1, 0.15) is 12.0 Å². The first-order chi connectivity index (χ1) is 7.15. The Morgan fingerprint density at radius 2 is 2.27 bits per heavy atom. The fraction of sp³-hybridized carbons (Fsp3) is 0.200. The van der Waals surface area contributed by atoms with Crippen LogP contribution in [0.4, 0.5) is 10.1 Å². The Labute approximate surface area is 91.0 Å². The van der Waals surface area contributed by atoms with Gasteiger partial charge < -0.3 is 0 Å². The van der Waals surface area contributed by atoms with Gasteiger partial charge in [-0.15, -0.1) is 11.6 Å². The van der Waals surface area contributed by atoms with E-state index in [0.717, 1.165) is 18.2 Å². The molecule has 0 atom stereocenters. The van der Waals surface area contributed by atoms with Gasteiger partial charge in [-0.25, -0.2) is 4.39 Å². The number of halogens is 2. The van der Waals surface area contributed by atoms with E-state index in [2.05, 4.69) is 11.8 Å². The molecule has 1 aromatic rings. The van der Waals surface area contributed by atoms with Gasteiger partial charge in [0.2, 0.25) is 0 Å². The molecule has 0 aliphatic rings. The molecule has 3 nitrogen and oxygen atoms in total. The lowest BCUT2D eigenvalue weighted by atomic mass is 10.2. The molecular weight excluding hydrogens is 221 g/mol. The van der Waals surface area contributed by atoms with Gasteiger partial charge in [-0.3, -0.25) is 10.1 Å². The highest BCUT2D eigenvalue weighted by Crippen LogP contribution is 2.18. The van der Waals surface area contributed by atoms with Crippen LogP contribution in [0.3, 0.4) is 0 Å². The maximum atomic E-state index is 12.8. The van der Waals surface area contributed by atoms with Crippen molar-refractivity contribution in [3.8, 4) is 11.8 Å². The third-order valence-electron chi connectivity index (χ3n) is 1.60. The lowest BCUT2D eigenvalue weighted by Crippen LogP contribution is -1.92. The second-order valence-corrected chi connectivity index (χ2v) is 3.04. The lowest BCUT2D eigenvalue weighted by molar-refractivity contribution is -0.385. The highest BCUT2D eigenvalue weighted by atomic mass is 35.5. The number of nitrogens with zero attached hydrogens (tertiary/aromatic N) is 1. The van der Waals surface area contributed by atoms with Crippen molar-refractivity contribution in [2.75, 3.05) is 5.88 Å². The number of hydrogen-bond donors (Lipinski definition) is 0. The predicted octanol–water partition coefficient (Wildman–Crippen LogP) is 2.71. The minimum absolute atomic E-state index is 0.0742. The van der Waals surface area contributed by atoms with E-state index in [1.54, 1.807) is 0 Å². The number of nitro benzene ring substituents is 1. The second kappa shape index (κ2) is 5.32. The van der Waals surface area contributed by atoms with Crippen LogP contribution in [0.25, 0.3) is 0 Å². The molecule has 0 heterocycles. The SMILES string of the molecule is O=[N+]([O-])c1ccc(F)cc1C#CCCCl. The average molecular weight is 228 g/mol. The third-order valence-corrected chi connectivity index (χ3v) is 1.79. The Hall–Kier alpha value is -1.60. The molecule has 0 aliphatic heterocycles. The van der Waals surface area contributed by atoms with Crippen LogP contribution in [-0.2, 0) is 0 Å². The summed E-state index contributed by atoms with van der Waals surface area (Å²) < 4.78 is 12.8. The van der Waals surface area contributed by atoms with Crippen molar-refractivity contribution in [2.45, 2.75) is 6.42 Å². The van der Waals surface area contributed by atoms with Gasteiger partial charge in [0.1, 0.15) is 11.4 Å². The van der Waals surface area contributed by atoms with Gasteiger partial charge in [-0.2, -0.15) is 0 Å². The van der Waals surface area contributed by atoms with E-state index < -0.39 is 10.7 Å². The molecule has 0 fully saturated rings. The van der Waals surface area contributed by atoms with Crippen molar-refractivity contribution in [1.82, 2.24) is 0 Å². The van der Waals surface area contributed by atoms with Gasteiger partial charge in [0.25, 0.3) is 5.69 Å². The highest BCUT2D eigenvalue weighted by molar-refractivity contribution is 6.18. The van der Waals surface area contributed by atoms with Crippen molar-refractivity contribution in [3.05, 3.63) is 39.7 Å². The standard InChI is InChI=1S/C10H7ClFNO2/c11-6-2-1-3-8-7-9(12)4-5-10(8)13(14)15/h4-5,7H,2,6H2. The average Bonchev–Trinajstić information content (AvgIpc) is 2.18. The molecule has 1 rings (SSSR count). The Bertz CT molecular complexity index is 437. The first kappa shape index (κ1) is 11.5. The summed E-state index contributed by atoms with van der Waals surface area (Å²) in [4.78, 5) is 9.96. The van der Waals surface area contributed by atoms with Crippen LogP contribution in [0, 0.1) is 27.8 Å². The van der Waals surface area contributed by atoms with E-state index >= 15 is 0 Å². The number of benzene rings is 1. The molecule has 0 aromatic heterocycles. The summed E-state index contributed by atoms with van der Waals surface area (Å²) in [6.45, 7) is 0. The summed E-state index contributed by atoms with van der Waals surface area (Å²) in [6.07, 6.45) is 0.412. The molecule has 0 radical (unpaired) electrons. The van der Waals surface area contributed by atoms with E-state index in [1.807, 2.05) is 0 Å². The molecule has 0 amide bonds. The summed E-state index contributed by atoms with van der Waals surface area (Å²) >= 11 is 5.39. The molecule has 78 valence electrons. The topological polar surface area (TPSA) is 43.1 Å². The highest BCUT2D eigenvalue weighted by Gasteiger charge is 2.11. The number of alkyl halides is 1. The first-order valence-corrected chi connectivity index (χ1v) is 4.67. The van der Waals surface area contributed by atoms with Crippen molar-refractivity contribution < 1.29 is 9.31 Å². The summed E-state index contributed by atoms with van der Waals surface area (Å²) in [5, 5.41) is 10.6. The van der Waals surface area contributed by atoms with E-state index in [-0.39, 0.29) is 11.3 Å². The van der Waals surface area contributed by atoms with Crippen LogP contribution in [-0.4, -0.2) is 10.8 Å². The van der Waals surface area contributed by atoms with Crippen molar-refractivity contribution in [3.63, 3.8) is 0 Å². The molecule has 1 aromatic carbocycles. The molecule has 0 N–H and O–H groups in total. The molecular formula is C10H7ClFNO2. The fourth-order valence-electron chi connectivity index (χ4n) is 0.973. The second-order valence-electron chi connectivity index (χ2n) is 2.66. The normalized spacial score (nSPS) is 9.20. The van der Waals surface area contributed by atoms with Crippen molar-refractivity contribution in [1.29, 1.82) is 0 Å². The van der Waals surface area contributed by atoms with Gasteiger partial charge in [-0.1, -0.05) is 11.8 Å². The Morgan fingerprint density at radius 3 is 2.87 bits per heavy atom. The minimum Gasteiger partial charge on any atom is -0.258 e. The number of nitro groups is 1. The zero-order chi connectivity index (χ0) is 11.3. The zero-order valence-electron chi connectivity index (χ0n) is 7.67. The Morgan fingerprint density at radius 1 is 1.53 bits per heavy atom. The largest absolute Gasteiger partial charge is 0.285 e. The lowest BCUT2D eigenvalue weighted by Gasteiger charge is -1.94. The van der Waals surface area contributed by atoms with Crippen molar-refractivity contribution >= 4 is 17.3 Å². The molecule has 5 heteroatoms. The number of hydrogen-bond acceptors (Lipinski definition) is 2. The zero-order valence-corrected chi connectivity index (χ0v) is 8.42. The van der Waals surface area contributed by atoms with Crippen LogP contribution in [0.5, 0.6) is 0 Å². The summed E-state index contributed by atoms with van der Waals surface area (Å²) in [7, 11) is 0. The quantitative estimate of drug-likeness (QED) is 0.337.